The summed E-state index contributed by atoms with van der Waals surface area (Å²) in [7, 11) is 0. The molecule has 3 aliphatic rings. The van der Waals surface area contributed by atoms with Crippen LogP contribution in [-0.2, 0) is 0 Å². The highest BCUT2D eigenvalue weighted by atomic mass is 16.3. The number of fused-ring (bicyclic) bond motifs is 3. The van der Waals surface area contributed by atoms with Crippen molar-refractivity contribution >= 4 is 22.8 Å². The monoisotopic (exact) mass is 382 g/mol. The molecule has 2 aromatic rings. The molecular formula is C21H26N4O3. The number of carbonyl (C=O) groups excluding carboxylic acids is 2. The largest absolute Gasteiger partial charge is 0.449 e. The minimum Gasteiger partial charge on any atom is -0.449 e. The van der Waals surface area contributed by atoms with E-state index in [1.165, 1.54) is 19.4 Å². The first kappa shape index (κ1) is 17.7. The maximum absolute atomic E-state index is 12.7. The number of furan rings is 1. The van der Waals surface area contributed by atoms with Crippen LogP contribution in [0.4, 0.5) is 0 Å². The van der Waals surface area contributed by atoms with Gasteiger partial charge in [-0.3, -0.25) is 9.59 Å². The zero-order valence-electron chi connectivity index (χ0n) is 16.0. The Bertz CT molecular complexity index is 890. The number of hydrogen-bond donors (Lipinski definition) is 1. The van der Waals surface area contributed by atoms with E-state index in [0.717, 1.165) is 50.8 Å². The summed E-state index contributed by atoms with van der Waals surface area (Å²) in [5.74, 6) is 0.799. The first-order valence-corrected chi connectivity index (χ1v) is 10.4. The molecule has 0 aromatic carbocycles. The van der Waals surface area contributed by atoms with Crippen LogP contribution in [-0.4, -0.2) is 65.4 Å². The first-order valence-electron chi connectivity index (χ1n) is 10.4. The number of likely N-dealkylation sites (tertiary alicyclic amines) is 1. The van der Waals surface area contributed by atoms with Gasteiger partial charge in [0.25, 0.3) is 11.8 Å². The van der Waals surface area contributed by atoms with E-state index in [1.807, 2.05) is 4.90 Å². The lowest BCUT2D eigenvalue weighted by molar-refractivity contribution is 0.0694. The maximum Gasteiger partial charge on any atom is 0.289 e. The molecule has 3 atom stereocenters. The molecule has 3 fully saturated rings. The molecule has 0 saturated carbocycles. The molecule has 5 rings (SSSR count). The van der Waals surface area contributed by atoms with Gasteiger partial charge in [-0.05, 0) is 56.7 Å². The van der Waals surface area contributed by atoms with E-state index < -0.39 is 0 Å². The number of rotatable bonds is 3. The van der Waals surface area contributed by atoms with Crippen LogP contribution in [0.25, 0.3) is 11.0 Å². The van der Waals surface area contributed by atoms with Crippen LogP contribution in [0.5, 0.6) is 0 Å². The van der Waals surface area contributed by atoms with Crippen molar-refractivity contribution in [2.24, 2.45) is 5.92 Å². The number of nitrogens with one attached hydrogen (secondary N) is 1. The minimum atomic E-state index is -0.153. The lowest BCUT2D eigenvalue weighted by Gasteiger charge is -2.30. The predicted octanol–water partition coefficient (Wildman–Crippen LogP) is 2.28. The molecule has 3 saturated heterocycles. The van der Waals surface area contributed by atoms with Crippen LogP contribution >= 0.6 is 0 Å². The molecule has 2 amide bonds. The van der Waals surface area contributed by atoms with Gasteiger partial charge in [0.15, 0.2) is 11.3 Å². The topological polar surface area (TPSA) is 78.7 Å². The van der Waals surface area contributed by atoms with Gasteiger partial charge in [-0.15, -0.1) is 0 Å². The minimum absolute atomic E-state index is 0.0753. The van der Waals surface area contributed by atoms with Gasteiger partial charge in [0.1, 0.15) is 5.69 Å². The van der Waals surface area contributed by atoms with Crippen LogP contribution < -0.4 is 5.32 Å². The molecule has 2 bridgehead atoms. The Morgan fingerprint density at radius 1 is 1.11 bits per heavy atom. The molecule has 3 aliphatic heterocycles. The fourth-order valence-corrected chi connectivity index (χ4v) is 4.85. The van der Waals surface area contributed by atoms with Gasteiger partial charge in [-0.1, -0.05) is 0 Å². The zero-order valence-corrected chi connectivity index (χ0v) is 16.0. The first-order chi connectivity index (χ1) is 13.7. The van der Waals surface area contributed by atoms with Crippen LogP contribution in [0.3, 0.4) is 0 Å². The van der Waals surface area contributed by atoms with E-state index in [9.17, 15) is 9.59 Å². The van der Waals surface area contributed by atoms with Crippen molar-refractivity contribution in [3.05, 3.63) is 29.8 Å². The van der Waals surface area contributed by atoms with Gasteiger partial charge in [0, 0.05) is 37.6 Å². The van der Waals surface area contributed by atoms with Crippen LogP contribution in [0.1, 0.15) is 53.1 Å². The lowest BCUT2D eigenvalue weighted by Crippen LogP contribution is -2.47. The fourth-order valence-electron chi connectivity index (χ4n) is 4.85. The Hall–Kier alpha value is -2.41. The number of amides is 2. The lowest BCUT2D eigenvalue weighted by atomic mass is 9.97. The SMILES string of the molecule is O=C(NC1CC2CCN(C2)C1)c1cc2cc(C(=O)N3CCCCC3)oc2cn1. The van der Waals surface area contributed by atoms with Crippen molar-refractivity contribution in [1.29, 1.82) is 0 Å². The Labute approximate surface area is 164 Å². The molecule has 28 heavy (non-hydrogen) atoms. The Kier molecular flexibility index (Phi) is 4.55. The van der Waals surface area contributed by atoms with Gasteiger partial charge in [0.05, 0.1) is 6.20 Å². The Balaban J connectivity index is 1.30. The summed E-state index contributed by atoms with van der Waals surface area (Å²) in [5, 5.41) is 3.88. The molecular weight excluding hydrogens is 356 g/mol. The van der Waals surface area contributed by atoms with Gasteiger partial charge in [0.2, 0.25) is 0 Å². The van der Waals surface area contributed by atoms with Crippen molar-refractivity contribution in [2.45, 2.75) is 38.1 Å². The number of nitrogens with zero attached hydrogens (tertiary/aromatic N) is 3. The van der Waals surface area contributed by atoms with Crippen molar-refractivity contribution in [3.63, 3.8) is 0 Å². The molecule has 7 nitrogen and oxygen atoms in total. The van der Waals surface area contributed by atoms with E-state index in [-0.39, 0.29) is 17.9 Å². The number of hydrogen-bond acceptors (Lipinski definition) is 5. The van der Waals surface area contributed by atoms with E-state index in [4.69, 9.17) is 4.42 Å². The second-order valence-corrected chi connectivity index (χ2v) is 8.39. The standard InChI is InChI=1S/C21H26N4O3/c26-20(23-16-8-14-4-7-24(12-14)13-16)17-9-15-10-18(28-19(15)11-22-17)21(27)25-5-2-1-3-6-25/h9-11,14,16H,1-8,12-13H2,(H,23,26). The summed E-state index contributed by atoms with van der Waals surface area (Å²) in [5.41, 5.74) is 0.914. The number of pyridine rings is 1. The highest BCUT2D eigenvalue weighted by Gasteiger charge is 2.33. The van der Waals surface area contributed by atoms with Crippen LogP contribution in [0.2, 0.25) is 0 Å². The summed E-state index contributed by atoms with van der Waals surface area (Å²) >= 11 is 0. The highest BCUT2D eigenvalue weighted by molar-refractivity contribution is 5.99. The summed E-state index contributed by atoms with van der Waals surface area (Å²) in [4.78, 5) is 33.9. The van der Waals surface area contributed by atoms with E-state index in [1.54, 1.807) is 18.3 Å². The van der Waals surface area contributed by atoms with Gasteiger partial charge in [-0.2, -0.15) is 0 Å². The van der Waals surface area contributed by atoms with Crippen LogP contribution in [0.15, 0.2) is 22.7 Å². The molecule has 0 spiro atoms. The molecule has 148 valence electrons. The van der Waals surface area contributed by atoms with Gasteiger partial charge in [-0.25, -0.2) is 4.98 Å². The third-order valence-electron chi connectivity index (χ3n) is 6.29. The fraction of sp³-hybridized carbons (Fsp3) is 0.571. The second kappa shape index (κ2) is 7.20. The zero-order chi connectivity index (χ0) is 19.1. The van der Waals surface area contributed by atoms with Gasteiger partial charge >= 0.3 is 0 Å². The maximum atomic E-state index is 12.7. The van der Waals surface area contributed by atoms with E-state index >= 15 is 0 Å². The Morgan fingerprint density at radius 2 is 1.96 bits per heavy atom. The second-order valence-electron chi connectivity index (χ2n) is 8.39. The van der Waals surface area contributed by atoms with Crippen molar-refractivity contribution in [3.8, 4) is 0 Å². The molecule has 0 radical (unpaired) electrons. The molecule has 1 N–H and O–H groups in total. The normalized spacial score (nSPS) is 27.1. The predicted molar refractivity (Wildman–Crippen MR) is 104 cm³/mol. The van der Waals surface area contributed by atoms with E-state index in [0.29, 0.717) is 23.0 Å². The average molecular weight is 382 g/mol. The molecule has 7 heteroatoms. The Morgan fingerprint density at radius 3 is 2.79 bits per heavy atom. The summed E-state index contributed by atoms with van der Waals surface area (Å²) in [6.45, 7) is 4.79. The quantitative estimate of drug-likeness (QED) is 0.881. The highest BCUT2D eigenvalue weighted by Crippen LogP contribution is 2.27. The third kappa shape index (κ3) is 3.39. The van der Waals surface area contributed by atoms with Crippen molar-refractivity contribution in [2.75, 3.05) is 32.7 Å². The molecule has 0 aliphatic carbocycles. The molecule has 2 aromatic heterocycles. The molecule has 5 heterocycles. The average Bonchev–Trinajstić information content (AvgIpc) is 3.30. The summed E-state index contributed by atoms with van der Waals surface area (Å²) < 4.78 is 5.71. The smallest absolute Gasteiger partial charge is 0.289 e. The van der Waals surface area contributed by atoms with Crippen LogP contribution in [0, 0.1) is 5.92 Å². The van der Waals surface area contributed by atoms with Gasteiger partial charge < -0.3 is 19.5 Å². The number of piperidine rings is 2. The number of aromatic nitrogens is 1. The third-order valence-corrected chi connectivity index (χ3v) is 6.29. The summed E-state index contributed by atoms with van der Waals surface area (Å²) in [6, 6.07) is 3.64. The molecule has 3 unspecified atom stereocenters. The van der Waals surface area contributed by atoms with Crippen molar-refractivity contribution in [1.82, 2.24) is 20.1 Å². The number of carbonyl (C=O) groups is 2. The van der Waals surface area contributed by atoms with Crippen molar-refractivity contribution < 1.29 is 14.0 Å². The summed E-state index contributed by atoms with van der Waals surface area (Å²) in [6.07, 6.45) is 7.08. The van der Waals surface area contributed by atoms with E-state index in [2.05, 4.69) is 15.2 Å².